The quantitative estimate of drug-likeness (QED) is 0.609. The van der Waals surface area contributed by atoms with Crippen LogP contribution in [0.25, 0.3) is 10.2 Å². The molecule has 0 atom stereocenters. The molecular formula is C23H27N3O4S2. The molecule has 0 unspecified atom stereocenters. The highest BCUT2D eigenvalue weighted by Gasteiger charge is 2.30. The maximum atomic E-state index is 13.0. The van der Waals surface area contributed by atoms with Crippen molar-refractivity contribution < 1.29 is 17.9 Å². The molecule has 3 aromatic rings. The lowest BCUT2D eigenvalue weighted by molar-refractivity contribution is 0.0927. The van der Waals surface area contributed by atoms with Gasteiger partial charge in [0.25, 0.3) is 5.91 Å². The summed E-state index contributed by atoms with van der Waals surface area (Å²) >= 11 is 1.41. The van der Waals surface area contributed by atoms with Gasteiger partial charge in [-0.3, -0.25) is 4.79 Å². The number of aromatic nitrogens is 1. The summed E-state index contributed by atoms with van der Waals surface area (Å²) in [5.41, 5.74) is 3.01. The first-order valence-corrected chi connectivity index (χ1v) is 12.8. The Labute approximate surface area is 192 Å². The molecule has 4 rings (SSSR count). The zero-order chi connectivity index (χ0) is 23.0. The average Bonchev–Trinajstić information content (AvgIpc) is 3.10. The number of amides is 1. The fraction of sp³-hybridized carbons (Fsp3) is 0.391. The zero-order valence-corrected chi connectivity index (χ0v) is 20.3. The number of sulfonamides is 1. The Bertz CT molecular complexity index is 1260. The Balaban J connectivity index is 1.43. The number of thiophene rings is 1. The topological polar surface area (TPSA) is 88.6 Å². The molecule has 7 nitrogen and oxygen atoms in total. The van der Waals surface area contributed by atoms with Crippen LogP contribution in [0.3, 0.4) is 0 Å². The largest absolute Gasteiger partial charge is 0.497 e. The summed E-state index contributed by atoms with van der Waals surface area (Å²) in [5.74, 6) is 0.501. The summed E-state index contributed by atoms with van der Waals surface area (Å²) in [7, 11) is -2.02. The highest BCUT2D eigenvalue weighted by Crippen LogP contribution is 2.32. The van der Waals surface area contributed by atoms with Crippen molar-refractivity contribution in [1.29, 1.82) is 0 Å². The second-order valence-electron chi connectivity index (χ2n) is 8.14. The van der Waals surface area contributed by atoms with Crippen LogP contribution in [0, 0.1) is 20.8 Å². The number of aryl methyl sites for hydroxylation is 3. The lowest BCUT2D eigenvalue weighted by atomic mass is 10.1. The molecule has 1 aliphatic rings. The highest BCUT2D eigenvalue weighted by molar-refractivity contribution is 7.89. The summed E-state index contributed by atoms with van der Waals surface area (Å²) in [6.45, 7) is 6.68. The van der Waals surface area contributed by atoms with Gasteiger partial charge in [0, 0.05) is 30.2 Å². The van der Waals surface area contributed by atoms with Crippen molar-refractivity contribution >= 4 is 37.5 Å². The van der Waals surface area contributed by atoms with Gasteiger partial charge >= 0.3 is 0 Å². The number of rotatable bonds is 5. The van der Waals surface area contributed by atoms with Gasteiger partial charge in [-0.15, -0.1) is 11.3 Å². The number of ether oxygens (including phenoxy) is 1. The van der Waals surface area contributed by atoms with Crippen molar-refractivity contribution in [2.45, 2.75) is 44.6 Å². The molecule has 170 valence electrons. The Morgan fingerprint density at radius 3 is 2.44 bits per heavy atom. The molecule has 1 fully saturated rings. The Hall–Kier alpha value is -2.49. The second kappa shape index (κ2) is 8.80. The minimum absolute atomic E-state index is 0.0646. The monoisotopic (exact) mass is 473 g/mol. The van der Waals surface area contributed by atoms with Crippen LogP contribution in [0.5, 0.6) is 5.75 Å². The number of pyridine rings is 1. The molecule has 9 heteroatoms. The van der Waals surface area contributed by atoms with E-state index in [-0.39, 0.29) is 16.8 Å². The first-order chi connectivity index (χ1) is 15.2. The average molecular weight is 474 g/mol. The number of piperidine rings is 1. The van der Waals surface area contributed by atoms with Gasteiger partial charge in [0.15, 0.2) is 0 Å². The molecule has 1 aliphatic heterocycles. The number of benzene rings is 1. The predicted octanol–water partition coefficient (Wildman–Crippen LogP) is 3.81. The van der Waals surface area contributed by atoms with E-state index in [1.165, 1.54) is 15.6 Å². The third-order valence-electron chi connectivity index (χ3n) is 5.92. The minimum Gasteiger partial charge on any atom is -0.497 e. The molecule has 2 aromatic heterocycles. The number of nitrogens with zero attached hydrogens (tertiary/aromatic N) is 2. The maximum Gasteiger partial charge on any atom is 0.261 e. The molecule has 0 spiro atoms. The zero-order valence-electron chi connectivity index (χ0n) is 18.6. The lowest BCUT2D eigenvalue weighted by Gasteiger charge is -2.31. The van der Waals surface area contributed by atoms with Crippen molar-refractivity contribution in [3.63, 3.8) is 0 Å². The van der Waals surface area contributed by atoms with Crippen LogP contribution in [0.4, 0.5) is 0 Å². The van der Waals surface area contributed by atoms with Crippen LogP contribution < -0.4 is 10.1 Å². The van der Waals surface area contributed by atoms with E-state index < -0.39 is 10.0 Å². The van der Waals surface area contributed by atoms with Gasteiger partial charge in [0.05, 0.1) is 16.9 Å². The molecular weight excluding hydrogens is 446 g/mol. The summed E-state index contributed by atoms with van der Waals surface area (Å²) in [5, 5.41) is 4.15. The van der Waals surface area contributed by atoms with E-state index in [1.807, 2.05) is 26.8 Å². The van der Waals surface area contributed by atoms with Crippen molar-refractivity contribution in [2.24, 2.45) is 0 Å². The number of carbonyl (C=O) groups is 1. The second-order valence-corrected chi connectivity index (χ2v) is 11.1. The van der Waals surface area contributed by atoms with Gasteiger partial charge in [-0.1, -0.05) is 0 Å². The molecule has 3 heterocycles. The number of carbonyl (C=O) groups excluding carboxylic acids is 1. The normalized spacial score (nSPS) is 15.8. The van der Waals surface area contributed by atoms with E-state index in [0.29, 0.717) is 36.6 Å². The number of nitrogens with one attached hydrogen (secondary N) is 1. The molecule has 32 heavy (non-hydrogen) atoms. The third-order valence-corrected chi connectivity index (χ3v) is 9.02. The minimum atomic E-state index is -3.57. The van der Waals surface area contributed by atoms with Crippen molar-refractivity contribution in [2.75, 3.05) is 20.2 Å². The molecule has 0 aliphatic carbocycles. The predicted molar refractivity (Wildman–Crippen MR) is 126 cm³/mol. The van der Waals surface area contributed by atoms with Crippen molar-refractivity contribution in [3.8, 4) is 5.75 Å². The van der Waals surface area contributed by atoms with Gasteiger partial charge in [-0.25, -0.2) is 13.4 Å². The van der Waals surface area contributed by atoms with Crippen molar-refractivity contribution in [1.82, 2.24) is 14.6 Å². The van der Waals surface area contributed by atoms with Crippen molar-refractivity contribution in [3.05, 3.63) is 52.0 Å². The fourth-order valence-electron chi connectivity index (χ4n) is 4.22. The molecule has 1 N–H and O–H groups in total. The number of fused-ring (bicyclic) bond motifs is 1. The number of hydrogen-bond donors (Lipinski definition) is 1. The standard InChI is InChI=1S/C23H27N3O4S2/c1-14-13-15(2)24-23-20(14)16(3)21(31-23)22(27)25-17-9-11-26(12-10-17)32(28,29)19-7-5-18(30-4)6-8-19/h5-8,13,17H,9-12H2,1-4H3,(H,25,27). The smallest absolute Gasteiger partial charge is 0.261 e. The van der Waals surface area contributed by atoms with Gasteiger partial charge in [-0.2, -0.15) is 4.31 Å². The van der Waals surface area contributed by atoms with Crippen LogP contribution in [0.15, 0.2) is 35.2 Å². The molecule has 1 saturated heterocycles. The van der Waals surface area contributed by atoms with Crippen LogP contribution >= 0.6 is 11.3 Å². The van der Waals surface area contributed by atoms with E-state index in [2.05, 4.69) is 10.3 Å². The number of methoxy groups -OCH3 is 1. The molecule has 0 radical (unpaired) electrons. The third kappa shape index (κ3) is 4.24. The molecule has 1 aromatic carbocycles. The number of hydrogen-bond acceptors (Lipinski definition) is 6. The van der Waals surface area contributed by atoms with E-state index in [4.69, 9.17) is 4.74 Å². The van der Waals surface area contributed by atoms with Gasteiger partial charge in [0.2, 0.25) is 10.0 Å². The summed E-state index contributed by atoms with van der Waals surface area (Å²) in [6.07, 6.45) is 1.14. The molecule has 0 saturated carbocycles. The Kier molecular flexibility index (Phi) is 6.24. The van der Waals surface area contributed by atoms with E-state index in [0.717, 1.165) is 27.0 Å². The van der Waals surface area contributed by atoms with Crippen LogP contribution in [-0.4, -0.2) is 49.9 Å². The van der Waals surface area contributed by atoms with Crippen LogP contribution in [0.2, 0.25) is 0 Å². The Morgan fingerprint density at radius 2 is 1.81 bits per heavy atom. The first-order valence-electron chi connectivity index (χ1n) is 10.5. The maximum absolute atomic E-state index is 13.0. The molecule has 1 amide bonds. The summed E-state index contributed by atoms with van der Waals surface area (Å²) in [4.78, 5) is 19.4. The molecule has 0 bridgehead atoms. The summed E-state index contributed by atoms with van der Waals surface area (Å²) < 4.78 is 32.5. The summed E-state index contributed by atoms with van der Waals surface area (Å²) in [6, 6.07) is 8.37. The lowest BCUT2D eigenvalue weighted by Crippen LogP contribution is -2.46. The highest BCUT2D eigenvalue weighted by atomic mass is 32.2. The van der Waals surface area contributed by atoms with Gasteiger partial charge in [-0.05, 0) is 75.1 Å². The van der Waals surface area contributed by atoms with E-state index >= 15 is 0 Å². The van der Waals surface area contributed by atoms with E-state index in [1.54, 1.807) is 31.4 Å². The SMILES string of the molecule is COc1ccc(S(=O)(=O)N2CCC(NC(=O)c3sc4nc(C)cc(C)c4c3C)CC2)cc1. The van der Waals surface area contributed by atoms with Gasteiger partial charge < -0.3 is 10.1 Å². The van der Waals surface area contributed by atoms with Gasteiger partial charge in [0.1, 0.15) is 10.6 Å². The van der Waals surface area contributed by atoms with E-state index in [9.17, 15) is 13.2 Å². The first kappa shape index (κ1) is 22.7. The Morgan fingerprint density at radius 1 is 1.16 bits per heavy atom. The van der Waals surface area contributed by atoms with Crippen LogP contribution in [0.1, 0.15) is 39.3 Å². The fourth-order valence-corrected chi connectivity index (χ4v) is 6.90. The van der Waals surface area contributed by atoms with Crippen LogP contribution in [-0.2, 0) is 10.0 Å².